The molecule has 8 heteroatoms. The Morgan fingerprint density at radius 1 is 1.28 bits per heavy atom. The van der Waals surface area contributed by atoms with Crippen molar-refractivity contribution >= 4 is 17.7 Å². The van der Waals surface area contributed by atoms with Gasteiger partial charge < -0.3 is 10.0 Å². The highest BCUT2D eigenvalue weighted by molar-refractivity contribution is 6.01. The van der Waals surface area contributed by atoms with Crippen LogP contribution in [0.15, 0.2) is 28.3 Å². The Balaban J connectivity index is 1.90. The average molecular weight is 354 g/mol. The number of piperidine rings is 1. The maximum atomic E-state index is 13.6. The van der Waals surface area contributed by atoms with Gasteiger partial charge in [0.25, 0.3) is 0 Å². The van der Waals surface area contributed by atoms with Crippen LogP contribution in [0.5, 0.6) is 0 Å². The number of hydrogen-bond donors (Lipinski definition) is 2. The second kappa shape index (κ2) is 6.67. The lowest BCUT2D eigenvalue weighted by Crippen LogP contribution is -2.44. The summed E-state index contributed by atoms with van der Waals surface area (Å²) in [5.74, 6) is 0.332. The molecule has 1 aromatic carbocycles. The van der Waals surface area contributed by atoms with Gasteiger partial charge in [0.1, 0.15) is 5.84 Å². The number of benzene rings is 1. The fraction of sp³-hybridized carbons (Fsp3) is 0.529. The number of halogens is 3. The molecule has 0 amide bonds. The molecule has 1 aromatic rings. The zero-order chi connectivity index (χ0) is 18.1. The first kappa shape index (κ1) is 17.7. The fourth-order valence-electron chi connectivity index (χ4n) is 3.17. The molecule has 1 fully saturated rings. The van der Waals surface area contributed by atoms with E-state index in [0.717, 1.165) is 6.07 Å². The number of nitrogens with zero attached hydrogens (tertiary/aromatic N) is 3. The van der Waals surface area contributed by atoms with Gasteiger partial charge in [0.05, 0.1) is 17.7 Å². The highest BCUT2D eigenvalue weighted by Gasteiger charge is 2.38. The minimum atomic E-state index is -4.47. The molecule has 2 N–H and O–H groups in total. The van der Waals surface area contributed by atoms with Crippen molar-refractivity contribution < 1.29 is 18.3 Å². The number of hydrogen-bond acceptors (Lipinski definition) is 5. The summed E-state index contributed by atoms with van der Waals surface area (Å²) in [7, 11) is 0. The third-order valence-corrected chi connectivity index (χ3v) is 4.86. The number of aliphatic hydroxyl groups is 1. The molecule has 0 spiro atoms. The van der Waals surface area contributed by atoms with Gasteiger partial charge in [-0.05, 0) is 37.5 Å². The highest BCUT2D eigenvalue weighted by atomic mass is 19.4. The summed E-state index contributed by atoms with van der Waals surface area (Å²) in [6, 6.07) is 4.22. The van der Waals surface area contributed by atoms with Crippen molar-refractivity contribution in [2.45, 2.75) is 38.0 Å². The van der Waals surface area contributed by atoms with Gasteiger partial charge in [-0.3, -0.25) is 10.4 Å². The van der Waals surface area contributed by atoms with Crippen molar-refractivity contribution in [2.24, 2.45) is 10.1 Å². The lowest BCUT2D eigenvalue weighted by Gasteiger charge is -2.39. The molecule has 2 aliphatic heterocycles. The lowest BCUT2D eigenvalue weighted by molar-refractivity contribution is -0.137. The van der Waals surface area contributed by atoms with Crippen LogP contribution >= 0.6 is 0 Å². The zero-order valence-corrected chi connectivity index (χ0v) is 14.0. The third kappa shape index (κ3) is 3.78. The lowest BCUT2D eigenvalue weighted by atomic mass is 9.88. The molecule has 0 unspecified atom stereocenters. The number of anilines is 1. The first-order valence-corrected chi connectivity index (χ1v) is 8.33. The van der Waals surface area contributed by atoms with E-state index in [1.807, 2.05) is 6.92 Å². The molecule has 136 valence electrons. The smallest absolute Gasteiger partial charge is 0.390 e. The minimum absolute atomic E-state index is 0.148. The van der Waals surface area contributed by atoms with Crippen LogP contribution in [0.2, 0.25) is 0 Å². The Kier molecular flexibility index (Phi) is 4.73. The van der Waals surface area contributed by atoms with Gasteiger partial charge in [0.2, 0.25) is 0 Å². The molecule has 0 bridgehead atoms. The standard InChI is InChI=1S/C17H21F3N4O/c1-2-16(25)5-9-24(10-6-16)14-4-3-12(11-13(14)17(18,19)20)15-21-7-8-22-23-15/h3-4,8,11,25H,2,5-7,9-10H2,1H3,(H,21,23). The van der Waals surface area contributed by atoms with Gasteiger partial charge in [-0.1, -0.05) is 6.92 Å². The van der Waals surface area contributed by atoms with Crippen LogP contribution in [0.1, 0.15) is 37.3 Å². The molecule has 3 rings (SSSR count). The predicted octanol–water partition coefficient (Wildman–Crippen LogP) is 2.78. The van der Waals surface area contributed by atoms with E-state index in [2.05, 4.69) is 15.5 Å². The van der Waals surface area contributed by atoms with Gasteiger partial charge in [-0.15, -0.1) is 0 Å². The number of amidine groups is 1. The molecule has 0 radical (unpaired) electrons. The van der Waals surface area contributed by atoms with Crippen molar-refractivity contribution in [3.63, 3.8) is 0 Å². The van der Waals surface area contributed by atoms with Crippen LogP contribution in [-0.4, -0.2) is 42.4 Å². The van der Waals surface area contributed by atoms with Crippen LogP contribution in [0.3, 0.4) is 0 Å². The number of rotatable bonds is 3. The molecule has 25 heavy (non-hydrogen) atoms. The van der Waals surface area contributed by atoms with E-state index in [1.54, 1.807) is 17.2 Å². The van der Waals surface area contributed by atoms with Gasteiger partial charge >= 0.3 is 6.18 Å². The van der Waals surface area contributed by atoms with Crippen molar-refractivity contribution in [1.82, 2.24) is 5.43 Å². The van der Waals surface area contributed by atoms with E-state index in [1.165, 1.54) is 6.07 Å². The van der Waals surface area contributed by atoms with Gasteiger partial charge in [0.15, 0.2) is 0 Å². The first-order valence-electron chi connectivity index (χ1n) is 8.33. The average Bonchev–Trinajstić information content (AvgIpc) is 2.62. The summed E-state index contributed by atoms with van der Waals surface area (Å²) in [6.07, 6.45) is -1.39. The molecule has 1 saturated heterocycles. The number of hydrazone groups is 1. The largest absolute Gasteiger partial charge is 0.418 e. The third-order valence-electron chi connectivity index (χ3n) is 4.86. The fourth-order valence-corrected chi connectivity index (χ4v) is 3.17. The van der Waals surface area contributed by atoms with Crippen LogP contribution in [0.4, 0.5) is 18.9 Å². The summed E-state index contributed by atoms with van der Waals surface area (Å²) in [4.78, 5) is 5.84. The Morgan fingerprint density at radius 2 is 2.00 bits per heavy atom. The van der Waals surface area contributed by atoms with Crippen LogP contribution in [0.25, 0.3) is 0 Å². The predicted molar refractivity (Wildman–Crippen MR) is 91.2 cm³/mol. The second-order valence-corrected chi connectivity index (χ2v) is 6.41. The Labute approximate surface area is 144 Å². The van der Waals surface area contributed by atoms with Crippen LogP contribution in [0, 0.1) is 0 Å². The molecule has 2 aliphatic rings. The van der Waals surface area contributed by atoms with E-state index in [4.69, 9.17) is 0 Å². The van der Waals surface area contributed by atoms with Gasteiger partial charge in [0, 0.05) is 30.6 Å². The van der Waals surface area contributed by atoms with E-state index in [9.17, 15) is 18.3 Å². The monoisotopic (exact) mass is 354 g/mol. The quantitative estimate of drug-likeness (QED) is 0.878. The summed E-state index contributed by atoms with van der Waals surface area (Å²) in [5, 5.41) is 14.1. The molecule has 2 heterocycles. The Morgan fingerprint density at radius 3 is 2.56 bits per heavy atom. The molecular formula is C17H21F3N4O. The molecular weight excluding hydrogens is 333 g/mol. The highest BCUT2D eigenvalue weighted by Crippen LogP contribution is 2.39. The first-order chi connectivity index (χ1) is 11.8. The van der Waals surface area contributed by atoms with Crippen LogP contribution < -0.4 is 10.3 Å². The minimum Gasteiger partial charge on any atom is -0.390 e. The molecule has 0 aromatic heterocycles. The molecule has 0 atom stereocenters. The zero-order valence-electron chi connectivity index (χ0n) is 14.0. The van der Waals surface area contributed by atoms with Crippen molar-refractivity contribution in [2.75, 3.05) is 24.5 Å². The van der Waals surface area contributed by atoms with Crippen molar-refractivity contribution in [3.05, 3.63) is 29.3 Å². The normalized spacial score (nSPS) is 20.2. The van der Waals surface area contributed by atoms with Crippen LogP contribution in [-0.2, 0) is 6.18 Å². The van der Waals surface area contributed by atoms with Gasteiger partial charge in [-0.25, -0.2) is 0 Å². The van der Waals surface area contributed by atoms with Crippen molar-refractivity contribution in [3.8, 4) is 0 Å². The Bertz CT molecular complexity index is 692. The Hall–Kier alpha value is -2.09. The van der Waals surface area contributed by atoms with E-state index < -0.39 is 17.3 Å². The SMILES string of the molecule is CCC1(O)CCN(c2ccc(C3=NCC=NN3)cc2C(F)(F)F)CC1. The molecule has 0 aliphatic carbocycles. The maximum Gasteiger partial charge on any atom is 0.418 e. The summed E-state index contributed by atoms with van der Waals surface area (Å²) >= 11 is 0. The summed E-state index contributed by atoms with van der Waals surface area (Å²) < 4.78 is 40.8. The number of nitrogens with one attached hydrogen (secondary N) is 1. The van der Waals surface area contributed by atoms with Crippen molar-refractivity contribution in [1.29, 1.82) is 0 Å². The second-order valence-electron chi connectivity index (χ2n) is 6.41. The molecule has 5 nitrogen and oxygen atoms in total. The van der Waals surface area contributed by atoms with E-state index >= 15 is 0 Å². The number of aliphatic imine (C=N–C) groups is 1. The number of alkyl halides is 3. The maximum absolute atomic E-state index is 13.6. The van der Waals surface area contributed by atoms with E-state index in [0.29, 0.717) is 50.3 Å². The summed E-state index contributed by atoms with van der Waals surface area (Å²) in [6.45, 7) is 3.03. The van der Waals surface area contributed by atoms with Gasteiger partial charge in [-0.2, -0.15) is 18.3 Å². The molecule has 0 saturated carbocycles. The topological polar surface area (TPSA) is 60.2 Å². The van der Waals surface area contributed by atoms with E-state index in [-0.39, 0.29) is 5.69 Å². The summed E-state index contributed by atoms with van der Waals surface area (Å²) in [5.41, 5.74) is 1.68.